The molecular weight excluding hydrogens is 256 g/mol. The summed E-state index contributed by atoms with van der Waals surface area (Å²) in [4.78, 5) is 0. The van der Waals surface area contributed by atoms with Gasteiger partial charge < -0.3 is 20.4 Å². The first-order valence-corrected chi connectivity index (χ1v) is 7.31. The monoisotopic (exact) mass is 282 g/mol. The van der Waals surface area contributed by atoms with Gasteiger partial charge in [0.25, 0.3) is 0 Å². The highest BCUT2D eigenvalue weighted by Gasteiger charge is 2.19. The summed E-state index contributed by atoms with van der Waals surface area (Å²) < 4.78 is 0. The molecule has 0 aliphatic heterocycles. The molecule has 4 heteroatoms. The van der Waals surface area contributed by atoms with Gasteiger partial charge in [-0.25, -0.2) is 0 Å². The summed E-state index contributed by atoms with van der Waals surface area (Å²) in [6.07, 6.45) is 3.85. The predicted molar refractivity (Wildman–Crippen MR) is 79.1 cm³/mol. The van der Waals surface area contributed by atoms with Gasteiger partial charge in [0.05, 0.1) is 6.10 Å². The maximum absolute atomic E-state index is 10.0. The zero-order valence-electron chi connectivity index (χ0n) is 12.3. The van der Waals surface area contributed by atoms with Crippen LogP contribution >= 0.6 is 0 Å². The maximum Gasteiger partial charge on any atom is 0.122 e. The van der Waals surface area contributed by atoms with E-state index in [0.717, 1.165) is 36.8 Å². The molecule has 0 aromatic heterocycles. The molecular formula is C16H26O4. The number of aliphatic hydroxyl groups excluding tert-OH is 2. The molecule has 1 rings (SSSR count). The van der Waals surface area contributed by atoms with Crippen LogP contribution in [0.3, 0.4) is 0 Å². The standard InChI is InChI=1S/C16H26O4/c1-11(12(2)18)15-9-13(19)10-16(20)14(15)7-5-3-4-6-8-17/h9-12,17-20H,3-8H2,1-2H3/t11-,12-/m1/s1. The summed E-state index contributed by atoms with van der Waals surface area (Å²) in [5.74, 6) is -0.0240. The predicted octanol–water partition coefficient (Wildman–Crippen LogP) is 2.68. The van der Waals surface area contributed by atoms with Crippen molar-refractivity contribution in [3.8, 4) is 11.5 Å². The summed E-state index contributed by atoms with van der Waals surface area (Å²) in [6, 6.07) is 2.97. The van der Waals surface area contributed by atoms with Gasteiger partial charge in [-0.3, -0.25) is 0 Å². The Morgan fingerprint density at radius 1 is 1.00 bits per heavy atom. The van der Waals surface area contributed by atoms with Crippen LogP contribution < -0.4 is 0 Å². The van der Waals surface area contributed by atoms with E-state index in [-0.39, 0.29) is 24.0 Å². The first-order valence-electron chi connectivity index (χ1n) is 7.31. The number of hydrogen-bond donors (Lipinski definition) is 4. The van der Waals surface area contributed by atoms with Crippen LogP contribution in [-0.4, -0.2) is 33.1 Å². The topological polar surface area (TPSA) is 80.9 Å². The molecule has 4 N–H and O–H groups in total. The van der Waals surface area contributed by atoms with E-state index in [9.17, 15) is 15.3 Å². The van der Waals surface area contributed by atoms with Crippen molar-refractivity contribution >= 4 is 0 Å². The fourth-order valence-electron chi connectivity index (χ4n) is 2.37. The number of rotatable bonds is 8. The van der Waals surface area contributed by atoms with Crippen LogP contribution in [0, 0.1) is 0 Å². The summed E-state index contributed by atoms with van der Waals surface area (Å²) in [5, 5.41) is 38.1. The smallest absolute Gasteiger partial charge is 0.122 e. The van der Waals surface area contributed by atoms with E-state index in [0.29, 0.717) is 6.42 Å². The van der Waals surface area contributed by atoms with Crippen LogP contribution in [-0.2, 0) is 6.42 Å². The molecule has 0 spiro atoms. The molecule has 0 aliphatic rings. The number of aliphatic hydroxyl groups is 2. The Labute approximate surface area is 120 Å². The molecule has 20 heavy (non-hydrogen) atoms. The largest absolute Gasteiger partial charge is 0.508 e. The van der Waals surface area contributed by atoms with Crippen molar-refractivity contribution in [2.45, 2.75) is 58.0 Å². The molecule has 0 bridgehead atoms. The fourth-order valence-corrected chi connectivity index (χ4v) is 2.37. The highest BCUT2D eigenvalue weighted by atomic mass is 16.3. The molecule has 0 radical (unpaired) electrons. The number of aromatic hydroxyl groups is 2. The molecule has 0 heterocycles. The van der Waals surface area contributed by atoms with E-state index < -0.39 is 6.10 Å². The lowest BCUT2D eigenvalue weighted by molar-refractivity contribution is 0.168. The van der Waals surface area contributed by atoms with Crippen LogP contribution in [0.15, 0.2) is 12.1 Å². The number of hydrogen-bond acceptors (Lipinski definition) is 4. The lowest BCUT2D eigenvalue weighted by Crippen LogP contribution is -2.13. The molecule has 0 amide bonds. The molecule has 1 aromatic carbocycles. The molecule has 0 fully saturated rings. The van der Waals surface area contributed by atoms with Crippen molar-refractivity contribution in [3.63, 3.8) is 0 Å². The number of phenolic OH excluding ortho intramolecular Hbond substituents is 2. The molecule has 0 saturated carbocycles. The molecule has 1 aromatic rings. The van der Waals surface area contributed by atoms with Crippen molar-refractivity contribution in [1.82, 2.24) is 0 Å². The number of phenols is 2. The van der Waals surface area contributed by atoms with E-state index in [1.165, 1.54) is 6.07 Å². The highest BCUT2D eigenvalue weighted by Crippen LogP contribution is 2.34. The summed E-state index contributed by atoms with van der Waals surface area (Å²) >= 11 is 0. The SMILES string of the molecule is C[C@@H](O)[C@@H](C)c1cc(O)cc(O)c1CCCCCCO. The lowest BCUT2D eigenvalue weighted by atomic mass is 9.89. The average molecular weight is 282 g/mol. The zero-order chi connectivity index (χ0) is 15.1. The van der Waals surface area contributed by atoms with Gasteiger partial charge in [0.2, 0.25) is 0 Å². The Bertz CT molecular complexity index is 415. The van der Waals surface area contributed by atoms with E-state index >= 15 is 0 Å². The first-order chi connectivity index (χ1) is 9.47. The Morgan fingerprint density at radius 3 is 2.25 bits per heavy atom. The minimum absolute atomic E-state index is 0.0223. The molecule has 2 atom stereocenters. The summed E-state index contributed by atoms with van der Waals surface area (Å²) in [5.41, 5.74) is 1.61. The van der Waals surface area contributed by atoms with Crippen molar-refractivity contribution in [1.29, 1.82) is 0 Å². The third-order valence-corrected chi connectivity index (χ3v) is 3.79. The van der Waals surface area contributed by atoms with Crippen molar-refractivity contribution in [3.05, 3.63) is 23.3 Å². The van der Waals surface area contributed by atoms with E-state index in [2.05, 4.69) is 0 Å². The van der Waals surface area contributed by atoms with Gasteiger partial charge in [-0.1, -0.05) is 19.8 Å². The third-order valence-electron chi connectivity index (χ3n) is 3.79. The third kappa shape index (κ3) is 4.69. The second-order valence-electron chi connectivity index (χ2n) is 5.45. The van der Waals surface area contributed by atoms with Crippen LogP contribution in [0.5, 0.6) is 11.5 Å². The quantitative estimate of drug-likeness (QED) is 0.553. The minimum atomic E-state index is -0.538. The molecule has 0 unspecified atom stereocenters. The fraction of sp³-hybridized carbons (Fsp3) is 0.625. The van der Waals surface area contributed by atoms with E-state index in [1.807, 2.05) is 6.92 Å². The van der Waals surface area contributed by atoms with Gasteiger partial charge in [0.15, 0.2) is 0 Å². The summed E-state index contributed by atoms with van der Waals surface area (Å²) in [6.45, 7) is 3.81. The lowest BCUT2D eigenvalue weighted by Gasteiger charge is -2.20. The van der Waals surface area contributed by atoms with Crippen molar-refractivity contribution < 1.29 is 20.4 Å². The minimum Gasteiger partial charge on any atom is -0.508 e. The molecule has 114 valence electrons. The molecule has 0 saturated heterocycles. The zero-order valence-corrected chi connectivity index (χ0v) is 12.3. The van der Waals surface area contributed by atoms with Gasteiger partial charge in [0.1, 0.15) is 11.5 Å². The highest BCUT2D eigenvalue weighted by molar-refractivity contribution is 5.47. The van der Waals surface area contributed by atoms with E-state index in [4.69, 9.17) is 5.11 Å². The van der Waals surface area contributed by atoms with E-state index in [1.54, 1.807) is 13.0 Å². The number of unbranched alkanes of at least 4 members (excludes halogenated alkanes) is 3. The Morgan fingerprint density at radius 2 is 1.65 bits per heavy atom. The molecule has 4 nitrogen and oxygen atoms in total. The molecule has 0 aliphatic carbocycles. The van der Waals surface area contributed by atoms with Gasteiger partial charge >= 0.3 is 0 Å². The van der Waals surface area contributed by atoms with Gasteiger partial charge in [-0.15, -0.1) is 0 Å². The average Bonchev–Trinajstić information content (AvgIpc) is 2.39. The van der Waals surface area contributed by atoms with Crippen molar-refractivity contribution in [2.24, 2.45) is 0 Å². The van der Waals surface area contributed by atoms with Gasteiger partial charge in [-0.05, 0) is 43.4 Å². The number of benzene rings is 1. The first kappa shape index (κ1) is 16.8. The normalized spacial score (nSPS) is 14.2. The Kier molecular flexibility index (Phi) is 6.82. The summed E-state index contributed by atoms with van der Waals surface area (Å²) in [7, 11) is 0. The Hall–Kier alpha value is -1.26. The second-order valence-corrected chi connectivity index (χ2v) is 5.45. The van der Waals surface area contributed by atoms with Crippen LogP contribution in [0.4, 0.5) is 0 Å². The van der Waals surface area contributed by atoms with Crippen molar-refractivity contribution in [2.75, 3.05) is 6.61 Å². The maximum atomic E-state index is 10.0. The van der Waals surface area contributed by atoms with Gasteiger partial charge in [0, 0.05) is 18.6 Å². The second kappa shape index (κ2) is 8.12. The van der Waals surface area contributed by atoms with Crippen LogP contribution in [0.25, 0.3) is 0 Å². The van der Waals surface area contributed by atoms with Gasteiger partial charge in [-0.2, -0.15) is 0 Å². The van der Waals surface area contributed by atoms with Crippen LogP contribution in [0.2, 0.25) is 0 Å². The van der Waals surface area contributed by atoms with Crippen LogP contribution in [0.1, 0.15) is 56.6 Å². The Balaban J connectivity index is 2.82.